The third-order valence-electron chi connectivity index (χ3n) is 3.69. The molecule has 148 valence electrons. The van der Waals surface area contributed by atoms with Crippen molar-refractivity contribution < 1.29 is 24.7 Å². The number of benzene rings is 2. The van der Waals surface area contributed by atoms with Crippen molar-refractivity contribution in [2.45, 2.75) is 13.8 Å². The first kappa shape index (κ1) is 21.7. The number of rotatable bonds is 6. The lowest BCUT2D eigenvalue weighted by molar-refractivity contribution is -0.384. The first-order valence-corrected chi connectivity index (χ1v) is 9.55. The van der Waals surface area contributed by atoms with E-state index in [0.29, 0.717) is 11.4 Å². The van der Waals surface area contributed by atoms with Gasteiger partial charge in [-0.05, 0) is 63.9 Å². The third kappa shape index (κ3) is 4.63. The first-order chi connectivity index (χ1) is 13.2. The number of aromatic hydroxyl groups is 2. The molecule has 0 heterocycles. The maximum Gasteiger partial charge on any atom is 0.340 e. The van der Waals surface area contributed by atoms with Crippen LogP contribution in [-0.2, 0) is 9.53 Å². The van der Waals surface area contributed by atoms with Crippen LogP contribution in [0.15, 0.2) is 45.0 Å². The predicted octanol–water partition coefficient (Wildman–Crippen LogP) is 4.94. The molecule has 0 atom stereocenters. The van der Waals surface area contributed by atoms with Crippen LogP contribution in [0, 0.1) is 10.1 Å². The summed E-state index contributed by atoms with van der Waals surface area (Å²) in [4.78, 5) is 22.8. The fourth-order valence-electron chi connectivity index (χ4n) is 2.43. The maximum atomic E-state index is 12.6. The van der Waals surface area contributed by atoms with Crippen LogP contribution >= 0.6 is 31.9 Å². The van der Waals surface area contributed by atoms with Gasteiger partial charge in [0, 0.05) is 23.5 Å². The molecular weight excluding hydrogens is 500 g/mol. The minimum Gasteiger partial charge on any atom is -0.507 e. The Morgan fingerprint density at radius 2 is 1.86 bits per heavy atom. The average Bonchev–Trinajstić information content (AvgIpc) is 2.63. The summed E-state index contributed by atoms with van der Waals surface area (Å²) in [6.07, 6.45) is 0. The molecule has 0 saturated heterocycles. The summed E-state index contributed by atoms with van der Waals surface area (Å²) in [6.45, 7) is 3.33. The number of hydrogen-bond acceptors (Lipinski definition) is 7. The highest BCUT2D eigenvalue weighted by molar-refractivity contribution is 9.11. The molecule has 2 aromatic carbocycles. The van der Waals surface area contributed by atoms with Crippen molar-refractivity contribution in [1.82, 2.24) is 0 Å². The number of allylic oxidation sites excluding steroid dienone is 1. The molecule has 0 aromatic heterocycles. The Balaban J connectivity index is 2.58. The summed E-state index contributed by atoms with van der Waals surface area (Å²) in [5, 5.41) is 34.3. The van der Waals surface area contributed by atoms with Gasteiger partial charge < -0.3 is 20.3 Å². The van der Waals surface area contributed by atoms with Gasteiger partial charge in [0.2, 0.25) is 0 Å². The Labute approximate surface area is 177 Å². The van der Waals surface area contributed by atoms with E-state index < -0.39 is 10.9 Å². The number of non-ortho nitro benzene ring substituents is 1. The van der Waals surface area contributed by atoms with Crippen LogP contribution in [0.5, 0.6) is 11.5 Å². The number of nitro groups is 1. The topological polar surface area (TPSA) is 122 Å². The highest BCUT2D eigenvalue weighted by Crippen LogP contribution is 2.44. The number of anilines is 1. The number of nitrogens with zero attached hydrogens (tertiary/aromatic N) is 1. The normalized spacial score (nSPS) is 11.6. The van der Waals surface area contributed by atoms with E-state index >= 15 is 0 Å². The highest BCUT2D eigenvalue weighted by Gasteiger charge is 2.26. The third-order valence-corrected chi connectivity index (χ3v) is 5.06. The van der Waals surface area contributed by atoms with Crippen LogP contribution < -0.4 is 5.32 Å². The molecule has 0 amide bonds. The van der Waals surface area contributed by atoms with Crippen molar-refractivity contribution in [3.63, 3.8) is 0 Å². The molecule has 0 unspecified atom stereocenters. The van der Waals surface area contributed by atoms with Gasteiger partial charge in [0.05, 0.1) is 31.6 Å². The maximum absolute atomic E-state index is 12.6. The standard InChI is InChI=1S/C18H16Br2N2O6/c1-3-28-18(25)14(15-13(23)8-12(19)17(24)16(15)20)9(2)21-10-4-6-11(7-5-10)22(26)27/h4-8,21,23-24H,3H2,1-2H3/b14-9-. The second-order valence-electron chi connectivity index (χ2n) is 5.56. The number of ether oxygens (including phenoxy) is 1. The molecule has 28 heavy (non-hydrogen) atoms. The molecule has 0 fully saturated rings. The van der Waals surface area contributed by atoms with E-state index in [0.717, 1.165) is 0 Å². The number of hydrogen-bond donors (Lipinski definition) is 3. The second kappa shape index (κ2) is 9.07. The number of carbonyl (C=O) groups excluding carboxylic acids is 1. The van der Waals surface area contributed by atoms with Crippen LogP contribution in [0.25, 0.3) is 5.57 Å². The molecule has 0 aliphatic heterocycles. The Hall–Kier alpha value is -2.59. The van der Waals surface area contributed by atoms with E-state index in [1.54, 1.807) is 13.8 Å². The van der Waals surface area contributed by atoms with Crippen molar-refractivity contribution in [2.75, 3.05) is 11.9 Å². The molecule has 0 aliphatic carbocycles. The zero-order valence-corrected chi connectivity index (χ0v) is 18.0. The van der Waals surface area contributed by atoms with Gasteiger partial charge in [0.1, 0.15) is 11.5 Å². The molecule has 0 radical (unpaired) electrons. The minimum absolute atomic E-state index is 0.00706. The van der Waals surface area contributed by atoms with Gasteiger partial charge in [-0.25, -0.2) is 4.79 Å². The van der Waals surface area contributed by atoms with Gasteiger partial charge in [0.15, 0.2) is 0 Å². The van der Waals surface area contributed by atoms with Crippen molar-refractivity contribution in [2.24, 2.45) is 0 Å². The van der Waals surface area contributed by atoms with Crippen LogP contribution in [0.3, 0.4) is 0 Å². The van der Waals surface area contributed by atoms with Crippen molar-refractivity contribution in [3.05, 3.63) is 60.7 Å². The molecule has 0 spiro atoms. The van der Waals surface area contributed by atoms with E-state index in [9.17, 15) is 25.1 Å². The van der Waals surface area contributed by atoms with E-state index in [4.69, 9.17) is 4.74 Å². The van der Waals surface area contributed by atoms with E-state index in [1.165, 1.54) is 30.3 Å². The Kier molecular flexibility index (Phi) is 7.03. The fraction of sp³-hybridized carbons (Fsp3) is 0.167. The fourth-order valence-corrected chi connectivity index (χ4v) is 3.72. The smallest absolute Gasteiger partial charge is 0.340 e. The lowest BCUT2D eigenvalue weighted by atomic mass is 10.0. The molecule has 2 aromatic rings. The number of carbonyl (C=O) groups is 1. The van der Waals surface area contributed by atoms with Gasteiger partial charge in [0.25, 0.3) is 5.69 Å². The summed E-state index contributed by atoms with van der Waals surface area (Å²) in [7, 11) is 0. The van der Waals surface area contributed by atoms with Gasteiger partial charge in [-0.15, -0.1) is 0 Å². The Morgan fingerprint density at radius 1 is 1.25 bits per heavy atom. The SMILES string of the molecule is CCOC(=O)/C(=C(/C)Nc1ccc([N+](=O)[O-])cc1)c1c(O)cc(Br)c(O)c1Br. The zero-order valence-electron chi connectivity index (χ0n) is 14.8. The van der Waals surface area contributed by atoms with Crippen LogP contribution in [-0.4, -0.2) is 27.7 Å². The number of esters is 1. The van der Waals surface area contributed by atoms with Crippen molar-refractivity contribution in [1.29, 1.82) is 0 Å². The largest absolute Gasteiger partial charge is 0.507 e. The number of phenols is 2. The van der Waals surface area contributed by atoms with Gasteiger partial charge in [-0.3, -0.25) is 10.1 Å². The van der Waals surface area contributed by atoms with E-state index in [1.807, 2.05) is 0 Å². The van der Waals surface area contributed by atoms with E-state index in [-0.39, 0.29) is 43.9 Å². The number of nitro benzene ring substituents is 1. The van der Waals surface area contributed by atoms with Gasteiger partial charge in [-0.1, -0.05) is 0 Å². The van der Waals surface area contributed by atoms with E-state index in [2.05, 4.69) is 37.2 Å². The molecular formula is C18H16Br2N2O6. The van der Waals surface area contributed by atoms with Crippen LogP contribution in [0.4, 0.5) is 11.4 Å². The lowest BCUT2D eigenvalue weighted by Crippen LogP contribution is -2.13. The zero-order chi connectivity index (χ0) is 21.0. The molecule has 0 bridgehead atoms. The summed E-state index contributed by atoms with van der Waals surface area (Å²) in [5.41, 5.74) is 0.765. The minimum atomic E-state index is -0.716. The predicted molar refractivity (Wildman–Crippen MR) is 111 cm³/mol. The first-order valence-electron chi connectivity index (χ1n) is 7.97. The number of phenolic OH excluding ortho intramolecular Hbond substituents is 2. The highest BCUT2D eigenvalue weighted by atomic mass is 79.9. The molecule has 10 heteroatoms. The number of nitrogens with one attached hydrogen (secondary N) is 1. The summed E-state index contributed by atoms with van der Waals surface area (Å²) in [5.74, 6) is -1.17. The average molecular weight is 516 g/mol. The van der Waals surface area contributed by atoms with Gasteiger partial charge >= 0.3 is 5.97 Å². The van der Waals surface area contributed by atoms with Crippen LogP contribution in [0.1, 0.15) is 19.4 Å². The quantitative estimate of drug-likeness (QED) is 0.164. The Morgan fingerprint density at radius 3 is 2.39 bits per heavy atom. The molecule has 3 N–H and O–H groups in total. The summed E-state index contributed by atoms with van der Waals surface area (Å²) < 4.78 is 5.44. The molecule has 0 aliphatic rings. The monoisotopic (exact) mass is 514 g/mol. The van der Waals surface area contributed by atoms with Crippen molar-refractivity contribution in [3.8, 4) is 11.5 Å². The summed E-state index contributed by atoms with van der Waals surface area (Å²) in [6, 6.07) is 6.86. The summed E-state index contributed by atoms with van der Waals surface area (Å²) >= 11 is 6.31. The lowest BCUT2D eigenvalue weighted by Gasteiger charge is -2.17. The van der Waals surface area contributed by atoms with Gasteiger partial charge in [-0.2, -0.15) is 0 Å². The molecule has 2 rings (SSSR count). The Bertz CT molecular complexity index is 958. The second-order valence-corrected chi connectivity index (χ2v) is 7.21. The molecule has 8 nitrogen and oxygen atoms in total. The number of halogens is 2. The molecule has 0 saturated carbocycles. The van der Waals surface area contributed by atoms with Crippen LogP contribution in [0.2, 0.25) is 0 Å². The van der Waals surface area contributed by atoms with Crippen molar-refractivity contribution >= 4 is 54.8 Å².